The number of hydrogen-bond donors (Lipinski definition) is 1. The Bertz CT molecular complexity index is 2170. The van der Waals surface area contributed by atoms with Crippen molar-refractivity contribution in [3.8, 4) is 11.5 Å². The van der Waals surface area contributed by atoms with E-state index in [4.69, 9.17) is 25.8 Å². The Labute approximate surface area is 326 Å². The summed E-state index contributed by atoms with van der Waals surface area (Å²) in [7, 11) is 1.38. The van der Waals surface area contributed by atoms with Crippen molar-refractivity contribution in [1.82, 2.24) is 19.8 Å². The molecule has 0 saturated carbocycles. The zero-order valence-electron chi connectivity index (χ0n) is 31.1. The number of benzene rings is 3. The van der Waals surface area contributed by atoms with Gasteiger partial charge in [-0.2, -0.15) is 0 Å². The first-order valence-electron chi connectivity index (χ1n) is 19.1. The number of likely N-dealkylation sites (tertiary alicyclic amines) is 1. The second-order valence-corrected chi connectivity index (χ2v) is 15.4. The Morgan fingerprint density at radius 3 is 2.44 bits per heavy atom. The lowest BCUT2D eigenvalue weighted by atomic mass is 9.65. The molecule has 284 valence electrons. The van der Waals surface area contributed by atoms with E-state index in [0.717, 1.165) is 92.1 Å². The molecule has 3 aromatic carbocycles. The van der Waals surface area contributed by atoms with Crippen molar-refractivity contribution in [3.05, 3.63) is 125 Å². The lowest BCUT2D eigenvalue weighted by molar-refractivity contribution is 0.0560. The van der Waals surface area contributed by atoms with Crippen molar-refractivity contribution in [1.29, 1.82) is 0 Å². The van der Waals surface area contributed by atoms with E-state index in [1.54, 1.807) is 12.3 Å². The minimum absolute atomic E-state index is 0.169. The monoisotopic (exact) mass is 759 g/mol. The van der Waals surface area contributed by atoms with E-state index in [9.17, 15) is 9.59 Å². The highest BCUT2D eigenvalue weighted by Gasteiger charge is 2.40. The van der Waals surface area contributed by atoms with Gasteiger partial charge >= 0.3 is 12.1 Å². The number of ether oxygens (including phenoxy) is 3. The standard InChI is InChI=1S/C44H46ClN5O5/c1-53-42(51)39-12-11-36(26-40(39)55-37-25-33-14-18-46-41(33)47-28-37)49-23-21-48(22-24-49)29-34-27-44(15-13-38(34)32-7-9-35(45)10-8-32)16-19-50(20-17-44)43(52)54-30-31-5-3-2-4-6-31/h2-12,14,18,25-26,28H,13,15-17,19-24,27,29-30H2,1H3,(H,46,47). The number of halogens is 1. The van der Waals surface area contributed by atoms with Crippen LogP contribution in [-0.2, 0) is 16.1 Å². The minimum atomic E-state index is -0.453. The van der Waals surface area contributed by atoms with Gasteiger partial charge in [-0.05, 0) is 90.6 Å². The van der Waals surface area contributed by atoms with E-state index in [2.05, 4.69) is 31.9 Å². The number of nitrogens with one attached hydrogen (secondary N) is 1. The molecule has 55 heavy (non-hydrogen) atoms. The third kappa shape index (κ3) is 8.35. The lowest BCUT2D eigenvalue weighted by Gasteiger charge is -2.46. The number of fused-ring (bicyclic) bond motifs is 1. The van der Waals surface area contributed by atoms with Gasteiger partial charge in [0.05, 0.1) is 13.3 Å². The fourth-order valence-corrected chi connectivity index (χ4v) is 8.50. The number of carbonyl (C=O) groups excluding carboxylic acids is 2. The first kappa shape index (κ1) is 36.6. The van der Waals surface area contributed by atoms with Crippen molar-refractivity contribution in [3.63, 3.8) is 0 Å². The quantitative estimate of drug-likeness (QED) is 0.149. The SMILES string of the molecule is COC(=O)c1ccc(N2CCN(CC3=C(c4ccc(Cl)cc4)CCC4(CCN(C(=O)OCc5ccccc5)CC4)C3)CC2)cc1Oc1cnc2[nH]ccc2c1. The van der Waals surface area contributed by atoms with Gasteiger partial charge in [0.25, 0.3) is 0 Å². The van der Waals surface area contributed by atoms with Crippen LogP contribution in [-0.4, -0.2) is 84.8 Å². The molecule has 10 nitrogen and oxygen atoms in total. The normalized spacial score (nSPS) is 17.4. The van der Waals surface area contributed by atoms with E-state index >= 15 is 0 Å². The number of piperidine rings is 1. The van der Waals surface area contributed by atoms with Crippen LogP contribution >= 0.6 is 11.6 Å². The molecule has 4 heterocycles. The van der Waals surface area contributed by atoms with Crippen LogP contribution in [0.5, 0.6) is 11.5 Å². The van der Waals surface area contributed by atoms with Crippen molar-refractivity contribution < 1.29 is 23.8 Å². The number of anilines is 1. The number of rotatable bonds is 9. The molecule has 1 amide bonds. The molecule has 0 unspecified atom stereocenters. The highest BCUT2D eigenvalue weighted by Crippen LogP contribution is 2.49. The number of allylic oxidation sites excluding steroid dienone is 1. The average molecular weight is 760 g/mol. The van der Waals surface area contributed by atoms with E-state index in [-0.39, 0.29) is 11.5 Å². The number of hydrogen-bond acceptors (Lipinski definition) is 8. The highest BCUT2D eigenvalue weighted by molar-refractivity contribution is 6.30. The van der Waals surface area contributed by atoms with E-state index in [1.807, 2.05) is 77.8 Å². The molecule has 5 aromatic rings. The fraction of sp³-hybridized carbons (Fsp3) is 0.341. The number of piperazine rings is 1. The van der Waals surface area contributed by atoms with E-state index in [1.165, 1.54) is 23.8 Å². The molecule has 2 aromatic heterocycles. The molecule has 0 radical (unpaired) electrons. The van der Waals surface area contributed by atoms with Gasteiger partial charge in [0, 0.05) is 74.2 Å². The summed E-state index contributed by atoms with van der Waals surface area (Å²) in [5.41, 5.74) is 7.47. The van der Waals surface area contributed by atoms with Crippen LogP contribution < -0.4 is 9.64 Å². The van der Waals surface area contributed by atoms with Gasteiger partial charge in [0.15, 0.2) is 0 Å². The average Bonchev–Trinajstić information content (AvgIpc) is 3.69. The summed E-state index contributed by atoms with van der Waals surface area (Å²) in [6.45, 7) is 6.10. The molecule has 1 N–H and O–H groups in total. The molecule has 0 bridgehead atoms. The Morgan fingerprint density at radius 1 is 0.891 bits per heavy atom. The number of carbonyl (C=O) groups is 2. The Balaban J connectivity index is 0.939. The van der Waals surface area contributed by atoms with Crippen LogP contribution in [0.1, 0.15) is 53.6 Å². The zero-order chi connectivity index (χ0) is 37.8. The van der Waals surface area contributed by atoms with Crippen LogP contribution in [0.15, 0.2) is 103 Å². The van der Waals surface area contributed by atoms with Gasteiger partial charge in [-0.25, -0.2) is 14.6 Å². The molecule has 11 heteroatoms. The highest BCUT2D eigenvalue weighted by atomic mass is 35.5. The molecule has 2 fully saturated rings. The fourth-order valence-electron chi connectivity index (χ4n) is 8.37. The zero-order valence-corrected chi connectivity index (χ0v) is 31.9. The Kier molecular flexibility index (Phi) is 10.8. The molecule has 1 spiro atoms. The first-order valence-corrected chi connectivity index (χ1v) is 19.5. The Morgan fingerprint density at radius 2 is 1.67 bits per heavy atom. The molecule has 2 aliphatic heterocycles. The second-order valence-electron chi connectivity index (χ2n) is 14.9. The summed E-state index contributed by atoms with van der Waals surface area (Å²) in [6.07, 6.45) is 8.35. The lowest BCUT2D eigenvalue weighted by Crippen LogP contribution is -2.48. The number of esters is 1. The van der Waals surface area contributed by atoms with Gasteiger partial charge in [-0.15, -0.1) is 0 Å². The van der Waals surface area contributed by atoms with Gasteiger partial charge in [0.1, 0.15) is 29.3 Å². The van der Waals surface area contributed by atoms with E-state index < -0.39 is 5.97 Å². The van der Waals surface area contributed by atoms with Crippen molar-refractivity contribution >= 4 is 46.0 Å². The van der Waals surface area contributed by atoms with Gasteiger partial charge < -0.3 is 29.0 Å². The topological polar surface area (TPSA) is 100 Å². The van der Waals surface area contributed by atoms with E-state index in [0.29, 0.717) is 36.8 Å². The summed E-state index contributed by atoms with van der Waals surface area (Å²) in [4.78, 5) is 40.1. The van der Waals surface area contributed by atoms with Crippen molar-refractivity contribution in [2.75, 3.05) is 57.8 Å². The maximum absolute atomic E-state index is 13.0. The molecular weight excluding hydrogens is 714 g/mol. The molecular formula is C44H46ClN5O5. The first-order chi connectivity index (χ1) is 26.8. The van der Waals surface area contributed by atoms with Crippen molar-refractivity contribution in [2.24, 2.45) is 5.41 Å². The largest absolute Gasteiger partial charge is 0.465 e. The smallest absolute Gasteiger partial charge is 0.410 e. The summed E-state index contributed by atoms with van der Waals surface area (Å²) >= 11 is 6.31. The van der Waals surface area contributed by atoms with Crippen LogP contribution in [0.2, 0.25) is 5.02 Å². The van der Waals surface area contributed by atoms with Crippen LogP contribution in [0.3, 0.4) is 0 Å². The maximum Gasteiger partial charge on any atom is 0.410 e. The van der Waals surface area contributed by atoms with Gasteiger partial charge in [-0.1, -0.05) is 59.6 Å². The summed E-state index contributed by atoms with van der Waals surface area (Å²) < 4.78 is 17.0. The predicted octanol–water partition coefficient (Wildman–Crippen LogP) is 8.97. The number of H-pyrrole nitrogens is 1. The number of pyridine rings is 1. The number of aromatic nitrogens is 2. The third-order valence-corrected chi connectivity index (χ3v) is 11.8. The molecule has 3 aliphatic rings. The summed E-state index contributed by atoms with van der Waals surface area (Å²) in [6, 6.07) is 27.7. The van der Waals surface area contributed by atoms with Crippen molar-refractivity contribution in [2.45, 2.75) is 38.7 Å². The molecule has 0 atom stereocenters. The number of nitrogens with zero attached hydrogens (tertiary/aromatic N) is 4. The molecule has 8 rings (SSSR count). The number of amides is 1. The van der Waals surface area contributed by atoms with Gasteiger partial charge in [-0.3, -0.25) is 4.90 Å². The van der Waals surface area contributed by atoms with Crippen LogP contribution in [0, 0.1) is 5.41 Å². The molecule has 1 aliphatic carbocycles. The number of methoxy groups -OCH3 is 1. The third-order valence-electron chi connectivity index (χ3n) is 11.5. The molecule has 2 saturated heterocycles. The van der Waals surface area contributed by atoms with Crippen LogP contribution in [0.25, 0.3) is 16.6 Å². The number of aromatic amines is 1. The Hall–Kier alpha value is -5.32. The predicted molar refractivity (Wildman–Crippen MR) is 215 cm³/mol. The minimum Gasteiger partial charge on any atom is -0.465 e. The van der Waals surface area contributed by atoms with Gasteiger partial charge in [0.2, 0.25) is 0 Å². The van der Waals surface area contributed by atoms with Crippen LogP contribution in [0.4, 0.5) is 10.5 Å². The second kappa shape index (κ2) is 16.2. The summed E-state index contributed by atoms with van der Waals surface area (Å²) in [5, 5.41) is 1.67. The summed E-state index contributed by atoms with van der Waals surface area (Å²) in [5.74, 6) is 0.526. The maximum atomic E-state index is 13.0.